The van der Waals surface area contributed by atoms with Crippen LogP contribution in [0.5, 0.6) is 0 Å². The Bertz CT molecular complexity index is 527. The van der Waals surface area contributed by atoms with Gasteiger partial charge in [-0.3, -0.25) is 4.99 Å². The molecule has 1 aromatic rings. The zero-order valence-electron chi connectivity index (χ0n) is 17.2. The molecule has 2 N–H and O–H groups in total. The van der Waals surface area contributed by atoms with Crippen LogP contribution >= 0.6 is 24.0 Å². The maximum Gasteiger partial charge on any atom is 0.191 e. The molecule has 1 aliphatic heterocycles. The zero-order chi connectivity index (χ0) is 18.6. The van der Waals surface area contributed by atoms with Gasteiger partial charge in [-0.05, 0) is 45.1 Å². The summed E-state index contributed by atoms with van der Waals surface area (Å²) in [6.07, 6.45) is 4.46. The van der Waals surface area contributed by atoms with Gasteiger partial charge in [-0.1, -0.05) is 29.8 Å². The summed E-state index contributed by atoms with van der Waals surface area (Å²) in [6.45, 7) is 10.3. The number of methoxy groups -OCH3 is 1. The largest absolute Gasteiger partial charge is 0.385 e. The van der Waals surface area contributed by atoms with Gasteiger partial charge in [0, 0.05) is 52.5 Å². The number of likely N-dealkylation sites (tertiary alicyclic amines) is 1. The third-order valence-corrected chi connectivity index (χ3v) is 4.89. The number of aliphatic imine (C=N–C) groups is 1. The number of hydrogen-bond acceptors (Lipinski definition) is 3. The monoisotopic (exact) mass is 488 g/mol. The highest BCUT2D eigenvalue weighted by atomic mass is 127. The number of halogens is 1. The summed E-state index contributed by atoms with van der Waals surface area (Å²) in [4.78, 5) is 7.31. The summed E-state index contributed by atoms with van der Waals surface area (Å²) in [5.41, 5.74) is 2.65. The Morgan fingerprint density at radius 3 is 2.56 bits per heavy atom. The van der Waals surface area contributed by atoms with Gasteiger partial charge in [-0.25, -0.2) is 0 Å². The van der Waals surface area contributed by atoms with Crippen molar-refractivity contribution in [3.63, 3.8) is 0 Å². The molecule has 1 saturated heterocycles. The van der Waals surface area contributed by atoms with Crippen molar-refractivity contribution in [1.29, 1.82) is 0 Å². The van der Waals surface area contributed by atoms with Crippen molar-refractivity contribution in [2.45, 2.75) is 45.6 Å². The van der Waals surface area contributed by atoms with Crippen molar-refractivity contribution in [1.82, 2.24) is 15.5 Å². The first-order valence-electron chi connectivity index (χ1n) is 10.0. The molecule has 1 aromatic carbocycles. The van der Waals surface area contributed by atoms with E-state index in [1.165, 1.54) is 24.0 Å². The van der Waals surface area contributed by atoms with Crippen LogP contribution in [0.2, 0.25) is 0 Å². The molecule has 0 atom stereocenters. The fourth-order valence-electron chi connectivity index (χ4n) is 3.30. The Morgan fingerprint density at radius 2 is 1.93 bits per heavy atom. The van der Waals surface area contributed by atoms with E-state index in [4.69, 9.17) is 9.73 Å². The molecule has 0 bridgehead atoms. The van der Waals surface area contributed by atoms with Crippen LogP contribution in [0.1, 0.15) is 37.3 Å². The van der Waals surface area contributed by atoms with Crippen molar-refractivity contribution in [2.75, 3.05) is 46.4 Å². The van der Waals surface area contributed by atoms with Gasteiger partial charge in [0.05, 0.1) is 0 Å². The van der Waals surface area contributed by atoms with Gasteiger partial charge in [0.1, 0.15) is 0 Å². The quantitative estimate of drug-likeness (QED) is 0.243. The molecule has 6 heteroatoms. The molecule has 0 radical (unpaired) electrons. The highest BCUT2D eigenvalue weighted by molar-refractivity contribution is 14.0. The maximum absolute atomic E-state index is 5.15. The molecule has 27 heavy (non-hydrogen) atoms. The highest BCUT2D eigenvalue weighted by Crippen LogP contribution is 2.10. The van der Waals surface area contributed by atoms with Gasteiger partial charge < -0.3 is 20.3 Å². The summed E-state index contributed by atoms with van der Waals surface area (Å²) in [7, 11) is 1.77. The minimum absolute atomic E-state index is 0. The molecule has 0 saturated carbocycles. The lowest BCUT2D eigenvalue weighted by Gasteiger charge is -2.33. The van der Waals surface area contributed by atoms with Crippen LogP contribution in [0.25, 0.3) is 0 Å². The Kier molecular flexibility index (Phi) is 12.7. The number of benzene rings is 1. The number of rotatable bonds is 9. The smallest absolute Gasteiger partial charge is 0.191 e. The minimum Gasteiger partial charge on any atom is -0.385 e. The number of nitrogens with zero attached hydrogens (tertiary/aromatic N) is 2. The molecule has 0 amide bonds. The first-order valence-corrected chi connectivity index (χ1v) is 10.0. The molecule has 154 valence electrons. The Balaban J connectivity index is 0.00000364. The van der Waals surface area contributed by atoms with E-state index in [1.807, 2.05) is 0 Å². The van der Waals surface area contributed by atoms with E-state index in [0.717, 1.165) is 58.1 Å². The van der Waals surface area contributed by atoms with E-state index in [9.17, 15) is 0 Å². The summed E-state index contributed by atoms with van der Waals surface area (Å²) >= 11 is 0. The van der Waals surface area contributed by atoms with Gasteiger partial charge in [-0.15, -0.1) is 24.0 Å². The number of nitrogens with one attached hydrogen (secondary N) is 2. The van der Waals surface area contributed by atoms with Crippen molar-refractivity contribution >= 4 is 29.9 Å². The molecule has 0 spiro atoms. The third-order valence-electron chi connectivity index (χ3n) is 4.89. The number of piperidine rings is 1. The molecule has 5 nitrogen and oxygen atoms in total. The summed E-state index contributed by atoms with van der Waals surface area (Å²) in [5, 5.41) is 7.01. The van der Waals surface area contributed by atoms with Crippen LogP contribution < -0.4 is 10.6 Å². The first kappa shape index (κ1) is 24.2. The fourth-order valence-corrected chi connectivity index (χ4v) is 3.30. The van der Waals surface area contributed by atoms with E-state index in [-0.39, 0.29) is 24.0 Å². The molecule has 1 heterocycles. The van der Waals surface area contributed by atoms with Crippen LogP contribution in [-0.2, 0) is 11.2 Å². The van der Waals surface area contributed by atoms with E-state index < -0.39 is 0 Å². The lowest BCUT2D eigenvalue weighted by molar-refractivity contribution is 0.155. The second-order valence-corrected chi connectivity index (χ2v) is 7.10. The highest BCUT2D eigenvalue weighted by Gasteiger charge is 2.19. The third kappa shape index (κ3) is 9.76. The first-order chi connectivity index (χ1) is 12.7. The summed E-state index contributed by atoms with van der Waals surface area (Å²) in [6, 6.07) is 9.26. The van der Waals surface area contributed by atoms with Gasteiger partial charge in [0.25, 0.3) is 0 Å². The standard InChI is InChI=1S/C21H36N4O.HI/c1-4-22-21(23-13-10-19-8-6-18(2)7-9-19)24-20-11-15-25(16-12-20)14-5-17-26-3;/h6-9,20H,4-5,10-17H2,1-3H3,(H2,22,23,24);1H. The predicted octanol–water partition coefficient (Wildman–Crippen LogP) is 3.21. The Labute approximate surface area is 182 Å². The molecular formula is C21H37IN4O. The number of ether oxygens (including phenoxy) is 1. The number of hydrogen-bond donors (Lipinski definition) is 2. The minimum atomic E-state index is 0. The van der Waals surface area contributed by atoms with Crippen molar-refractivity contribution in [3.8, 4) is 0 Å². The topological polar surface area (TPSA) is 48.9 Å². The van der Waals surface area contributed by atoms with Gasteiger partial charge in [0.2, 0.25) is 0 Å². The molecule has 0 unspecified atom stereocenters. The molecule has 1 aliphatic rings. The van der Waals surface area contributed by atoms with Gasteiger partial charge in [-0.2, -0.15) is 0 Å². The fraction of sp³-hybridized carbons (Fsp3) is 0.667. The molecule has 2 rings (SSSR count). The Morgan fingerprint density at radius 1 is 1.22 bits per heavy atom. The second-order valence-electron chi connectivity index (χ2n) is 7.10. The normalized spacial score (nSPS) is 16.0. The molecule has 0 aromatic heterocycles. The van der Waals surface area contributed by atoms with Crippen molar-refractivity contribution in [2.24, 2.45) is 4.99 Å². The zero-order valence-corrected chi connectivity index (χ0v) is 19.5. The molecule has 0 aliphatic carbocycles. The lowest BCUT2D eigenvalue weighted by Crippen LogP contribution is -2.49. The van der Waals surface area contributed by atoms with Crippen LogP contribution in [0, 0.1) is 6.92 Å². The second kappa shape index (κ2) is 14.2. The van der Waals surface area contributed by atoms with Crippen molar-refractivity contribution in [3.05, 3.63) is 35.4 Å². The van der Waals surface area contributed by atoms with E-state index in [2.05, 4.69) is 53.6 Å². The number of guanidine groups is 1. The lowest BCUT2D eigenvalue weighted by atomic mass is 10.1. The van der Waals surface area contributed by atoms with Crippen LogP contribution in [0.3, 0.4) is 0 Å². The van der Waals surface area contributed by atoms with E-state index in [1.54, 1.807) is 7.11 Å². The predicted molar refractivity (Wildman–Crippen MR) is 125 cm³/mol. The summed E-state index contributed by atoms with van der Waals surface area (Å²) in [5.74, 6) is 0.956. The molecule has 1 fully saturated rings. The average molecular weight is 488 g/mol. The SMILES string of the molecule is CCNC(=NCCc1ccc(C)cc1)NC1CCN(CCCOC)CC1.I. The maximum atomic E-state index is 5.15. The van der Waals surface area contributed by atoms with E-state index in [0.29, 0.717) is 6.04 Å². The van der Waals surface area contributed by atoms with Crippen LogP contribution in [0.15, 0.2) is 29.3 Å². The number of aryl methyl sites for hydroxylation is 1. The van der Waals surface area contributed by atoms with Crippen LogP contribution in [-0.4, -0.2) is 63.3 Å². The summed E-state index contributed by atoms with van der Waals surface area (Å²) < 4.78 is 5.15. The van der Waals surface area contributed by atoms with E-state index >= 15 is 0 Å². The van der Waals surface area contributed by atoms with Gasteiger partial charge >= 0.3 is 0 Å². The van der Waals surface area contributed by atoms with Crippen molar-refractivity contribution < 1.29 is 4.74 Å². The van der Waals surface area contributed by atoms with Crippen LogP contribution in [0.4, 0.5) is 0 Å². The molecular weight excluding hydrogens is 451 g/mol. The average Bonchev–Trinajstić information content (AvgIpc) is 2.65. The Hall–Kier alpha value is -0.860. The van der Waals surface area contributed by atoms with Gasteiger partial charge in [0.15, 0.2) is 5.96 Å².